The maximum atomic E-state index is 13.7. The molecule has 6 aliphatic heterocycles. The Kier molecular flexibility index (Phi) is 31.6. The number of aliphatic hydroxyl groups is 22. The van der Waals surface area contributed by atoms with Crippen molar-refractivity contribution in [2.75, 3.05) is 52.9 Å². The van der Waals surface area contributed by atoms with Gasteiger partial charge in [0.15, 0.2) is 25.2 Å². The lowest BCUT2D eigenvalue weighted by Gasteiger charge is -2.52. The van der Waals surface area contributed by atoms with Crippen molar-refractivity contribution >= 4 is 35.6 Å². The fraction of sp³-hybridized carbons (Fsp3) is 0.893. The number of carbonyl (C=O) groups excluding carboxylic acids is 4. The van der Waals surface area contributed by atoms with Gasteiger partial charge in [0.2, 0.25) is 23.6 Å². The average Bonchev–Trinajstić information content (AvgIpc) is 0.754. The lowest BCUT2D eigenvalue weighted by Crippen LogP contribution is -2.72. The Bertz CT molecular complexity index is 2720. The van der Waals surface area contributed by atoms with Gasteiger partial charge in [0, 0.05) is 40.5 Å². The van der Waals surface area contributed by atoms with Gasteiger partial charge in [0.25, 0.3) is 11.6 Å². The van der Waals surface area contributed by atoms with Crippen molar-refractivity contribution in [3.63, 3.8) is 0 Å². The van der Waals surface area contributed by atoms with Gasteiger partial charge in [-0.05, 0) is 0 Å². The third-order valence-corrected chi connectivity index (χ3v) is 17.7. The van der Waals surface area contributed by atoms with Crippen molar-refractivity contribution in [1.82, 2.24) is 21.3 Å². The molecule has 0 aromatic rings. The molecule has 46 nitrogen and oxygen atoms in total. The first-order valence-electron chi connectivity index (χ1n) is 31.8. The fourth-order valence-corrected chi connectivity index (χ4v) is 12.5. The van der Waals surface area contributed by atoms with E-state index in [9.17, 15) is 151 Å². The van der Waals surface area contributed by atoms with Gasteiger partial charge in [-0.15, -0.1) is 0 Å². The van der Waals surface area contributed by atoms with E-state index in [1.807, 2.05) is 0 Å². The first-order chi connectivity index (χ1) is 47.8. The van der Waals surface area contributed by atoms with Crippen LogP contribution in [0.5, 0.6) is 0 Å². The van der Waals surface area contributed by atoms with Gasteiger partial charge in [0.05, 0.1) is 77.1 Å². The molecular formula is C56H94N4O42. The molecule has 6 aliphatic rings. The van der Waals surface area contributed by atoms with Gasteiger partial charge >= 0.3 is 11.9 Å². The molecule has 0 aliphatic carbocycles. The van der Waals surface area contributed by atoms with Crippen LogP contribution >= 0.6 is 0 Å². The van der Waals surface area contributed by atoms with E-state index in [-0.39, 0.29) is 0 Å². The Morgan fingerprint density at radius 3 is 1.25 bits per heavy atom. The van der Waals surface area contributed by atoms with Gasteiger partial charge in [-0.2, -0.15) is 0 Å². The van der Waals surface area contributed by atoms with Crippen molar-refractivity contribution in [2.24, 2.45) is 0 Å². The van der Waals surface area contributed by atoms with Gasteiger partial charge in [-0.3, -0.25) is 19.2 Å². The molecule has 590 valence electrons. The number of ether oxygens (including phenoxy) is 12. The van der Waals surface area contributed by atoms with Crippen molar-refractivity contribution in [1.29, 1.82) is 0 Å². The molecule has 6 rings (SSSR count). The molecule has 102 heavy (non-hydrogen) atoms. The summed E-state index contributed by atoms with van der Waals surface area (Å²) in [5.41, 5.74) is 0. The number of aliphatic carboxylic acids is 2. The Hall–Kier alpha value is -4.54. The molecule has 6 heterocycles. The minimum atomic E-state index is -3.45. The van der Waals surface area contributed by atoms with Crippen molar-refractivity contribution in [3.05, 3.63) is 0 Å². The zero-order valence-corrected chi connectivity index (χ0v) is 54.8. The highest BCUT2D eigenvalue weighted by atomic mass is 16.8. The molecule has 0 bridgehead atoms. The number of rotatable bonds is 33. The van der Waals surface area contributed by atoms with Crippen LogP contribution < -0.4 is 21.3 Å². The van der Waals surface area contributed by atoms with E-state index in [0.717, 1.165) is 27.7 Å². The summed E-state index contributed by atoms with van der Waals surface area (Å²) >= 11 is 0. The molecule has 28 N–H and O–H groups in total. The van der Waals surface area contributed by atoms with Crippen molar-refractivity contribution < 1.29 is 208 Å². The molecule has 0 radical (unpaired) electrons. The summed E-state index contributed by atoms with van der Waals surface area (Å²) in [6.45, 7) is -6.28. The van der Waals surface area contributed by atoms with Gasteiger partial charge in [-0.25, -0.2) is 9.59 Å². The third kappa shape index (κ3) is 19.6. The third-order valence-electron chi connectivity index (χ3n) is 17.7. The predicted octanol–water partition coefficient (Wildman–Crippen LogP) is -17.7. The van der Waals surface area contributed by atoms with E-state index >= 15 is 0 Å². The minimum Gasteiger partial charge on any atom is -0.477 e. The smallest absolute Gasteiger partial charge is 0.364 e. The summed E-state index contributed by atoms with van der Waals surface area (Å²) in [4.78, 5) is 77.2. The lowest BCUT2D eigenvalue weighted by molar-refractivity contribution is -0.399. The number of aliphatic hydroxyl groups excluding tert-OH is 22. The monoisotopic (exact) mass is 1490 g/mol. The zero-order chi connectivity index (χ0) is 76.5. The molecule has 0 spiro atoms. The number of carboxylic acids is 2. The second-order valence-corrected chi connectivity index (χ2v) is 25.2. The van der Waals surface area contributed by atoms with Crippen LogP contribution in [0.3, 0.4) is 0 Å². The Morgan fingerprint density at radius 2 is 0.814 bits per heavy atom. The molecule has 0 aromatic heterocycles. The number of carboxylic acid groups (broad SMARTS) is 2. The highest BCUT2D eigenvalue weighted by Gasteiger charge is 2.64. The molecule has 6 saturated heterocycles. The van der Waals surface area contributed by atoms with Crippen molar-refractivity contribution in [3.8, 4) is 0 Å². The number of amides is 4. The van der Waals surface area contributed by atoms with E-state index in [4.69, 9.17) is 56.8 Å². The second-order valence-electron chi connectivity index (χ2n) is 25.2. The lowest BCUT2D eigenvalue weighted by atomic mass is 9.88. The van der Waals surface area contributed by atoms with Crippen LogP contribution in [0.2, 0.25) is 0 Å². The molecule has 0 unspecified atom stereocenters. The van der Waals surface area contributed by atoms with Crippen LogP contribution in [0, 0.1) is 0 Å². The summed E-state index contributed by atoms with van der Waals surface area (Å²) in [6, 6.07) is -7.52. The van der Waals surface area contributed by atoms with E-state index in [2.05, 4.69) is 21.3 Å². The molecule has 0 aromatic carbocycles. The van der Waals surface area contributed by atoms with Crippen LogP contribution in [0.4, 0.5) is 0 Å². The first-order valence-corrected chi connectivity index (χ1v) is 31.8. The zero-order valence-electron chi connectivity index (χ0n) is 54.8. The van der Waals surface area contributed by atoms with Gasteiger partial charge in [-0.1, -0.05) is 0 Å². The number of hydrogen-bond donors (Lipinski definition) is 28. The average molecular weight is 1500 g/mol. The molecule has 0 saturated carbocycles. The summed E-state index contributed by atoms with van der Waals surface area (Å²) in [7, 11) is 0. The van der Waals surface area contributed by atoms with Crippen LogP contribution in [0.25, 0.3) is 0 Å². The van der Waals surface area contributed by atoms with Crippen LogP contribution in [-0.2, 0) is 85.6 Å². The van der Waals surface area contributed by atoms with Crippen LogP contribution in [0.1, 0.15) is 40.5 Å². The molecule has 36 atom stereocenters. The Labute approximate surface area is 576 Å². The first kappa shape index (κ1) is 86.4. The second kappa shape index (κ2) is 37.3. The largest absolute Gasteiger partial charge is 0.477 e. The SMILES string of the molecule is CC(=O)N[C@H]1[C@H](OC[C@H]2O[C@@H](O[C@@H]([C@H](O)[C@@H](O)CO)[C@H](O)CO)[C@H](O)[C@@H](O[C@]3(C(=O)O)C[C@H](O)[C@@H](NC(C)=O)[C@H]([C@H](O)[C@H](O)CO)O3)[C@H]2O)O[C@H](CO)[C@@H](O[C@@H]2O[C@H](CO)[C@H](O[C@@H]3O[C@H](CO)[C@H](O)[C@H](O)[C@H]3NC(C)=O)[C@H](O[C@]3(C(=O)O)C[C@H](O)[C@@H](NC(C)=O)[C@H]([C@H](O)[C@H](O)CO)O3)[C@H]2O)[C@@H]1O. The Morgan fingerprint density at radius 1 is 0.422 bits per heavy atom. The molecule has 6 fully saturated rings. The molecule has 46 heteroatoms. The highest BCUT2D eigenvalue weighted by Crippen LogP contribution is 2.42. The van der Waals surface area contributed by atoms with Crippen LogP contribution in [-0.4, -0.2) is 431 Å². The standard InChI is InChI=1S/C56H94N4O42/c1-15(68)57-29-19(72)5-55(53(87)88,99-45(29)34(79)22(75)8-62)101-47-37(82)28(95-51(40(47)85)96-42(24(77)10-64)33(78)21(74)7-61)14-91-49-32(60-18(4)71)39(84)43(26(12-66)93-49)97-52-41(86)48(44(27(13-67)94-52)98-50-31(59-17(3)70)38(83)36(81)25(11-65)92-50)102-56(54(89)90)6-20(73)30(58-16(2)69)46(100-56)35(80)23(76)9-63/h19-52,61-67,72-86H,5-14H2,1-4H3,(H,57,68)(H,58,69)(H,59,70)(H,60,71)(H,87,88)(H,89,90)/t19-,20-,21-,22+,23+,24+,25+,26+,27+,28+,29+,30+,31+,32+,33+,34+,35+,36-,37-,38+,39+,40+,41+,42+,43+,44-,45+,46+,47-,48+,49+,50-,51-,52-,55-,56-/m0/s1. The van der Waals surface area contributed by atoms with E-state index in [1.165, 1.54) is 0 Å². The number of carbonyl (C=O) groups is 6. The van der Waals surface area contributed by atoms with Gasteiger partial charge in [0.1, 0.15) is 159 Å². The number of nitrogens with one attached hydrogen (secondary N) is 4. The maximum Gasteiger partial charge on any atom is 0.364 e. The topological polar surface area (TPSA) is 747 Å². The Balaban J connectivity index is 1.39. The fourth-order valence-electron chi connectivity index (χ4n) is 12.5. The highest BCUT2D eigenvalue weighted by molar-refractivity contribution is 5.78. The molecule has 4 amide bonds. The summed E-state index contributed by atoms with van der Waals surface area (Å²) in [5, 5.41) is 271. The molecular weight excluding hydrogens is 1400 g/mol. The van der Waals surface area contributed by atoms with Gasteiger partial charge < -0.3 is 201 Å². The maximum absolute atomic E-state index is 13.7. The van der Waals surface area contributed by atoms with E-state index in [1.54, 1.807) is 0 Å². The predicted molar refractivity (Wildman–Crippen MR) is 315 cm³/mol. The van der Waals surface area contributed by atoms with E-state index < -0.39 is 321 Å². The quantitative estimate of drug-likeness (QED) is 0.0290. The van der Waals surface area contributed by atoms with Crippen molar-refractivity contribution in [2.45, 2.75) is 260 Å². The van der Waals surface area contributed by atoms with Crippen LogP contribution in [0.15, 0.2) is 0 Å². The van der Waals surface area contributed by atoms with E-state index in [0.29, 0.717) is 0 Å². The summed E-state index contributed by atoms with van der Waals surface area (Å²) in [5.74, 6) is -15.1. The minimum absolute atomic E-state index is 0.872. The number of hydrogen-bond acceptors (Lipinski definition) is 40. The normalized spacial score (nSPS) is 41.4. The summed E-state index contributed by atoms with van der Waals surface area (Å²) < 4.78 is 70.5. The summed E-state index contributed by atoms with van der Waals surface area (Å²) in [6.07, 6.45) is -71.0.